The van der Waals surface area contributed by atoms with Crippen molar-refractivity contribution in [2.45, 2.75) is 6.42 Å². The fraction of sp³-hybridized carbons (Fsp3) is 0.182. The molecule has 0 spiro atoms. The molecule has 0 aromatic heterocycles. The quantitative estimate of drug-likeness (QED) is 0.659. The number of hydrogen-bond donors (Lipinski definition) is 0. The lowest BCUT2D eigenvalue weighted by atomic mass is 10.2. The van der Waals surface area contributed by atoms with E-state index < -0.39 is 0 Å². The zero-order valence-electron chi connectivity index (χ0n) is 7.12. The Balaban J connectivity index is 2.75. The first-order valence-electron chi connectivity index (χ1n) is 4.02. The van der Waals surface area contributed by atoms with Gasteiger partial charge in [-0.15, -0.1) is 0 Å². The van der Waals surface area contributed by atoms with Crippen LogP contribution in [0.2, 0.25) is 0 Å². The lowest BCUT2D eigenvalue weighted by Gasteiger charge is -2.06. The van der Waals surface area contributed by atoms with E-state index >= 15 is 0 Å². The number of rotatable bonds is 4. The largest absolute Gasteiger partial charge is 0.493 e. The van der Waals surface area contributed by atoms with Crippen molar-refractivity contribution in [2.24, 2.45) is 0 Å². The van der Waals surface area contributed by atoms with Gasteiger partial charge in [0, 0.05) is 5.56 Å². The third kappa shape index (κ3) is 2.12. The molecule has 0 bridgehead atoms. The van der Waals surface area contributed by atoms with Crippen LogP contribution in [-0.2, 0) is 0 Å². The molecule has 0 saturated carbocycles. The van der Waals surface area contributed by atoms with Gasteiger partial charge >= 0.3 is 0 Å². The van der Waals surface area contributed by atoms with Crippen molar-refractivity contribution in [3.63, 3.8) is 0 Å². The van der Waals surface area contributed by atoms with Gasteiger partial charge in [-0.1, -0.05) is 30.9 Å². The van der Waals surface area contributed by atoms with Crippen LogP contribution in [0.4, 0.5) is 0 Å². The summed E-state index contributed by atoms with van der Waals surface area (Å²) in [6.07, 6.45) is 2.57. The summed E-state index contributed by atoms with van der Waals surface area (Å²) < 4.78 is 5.44. The topological polar surface area (TPSA) is 9.23 Å². The Morgan fingerprint density at radius 3 is 2.75 bits per heavy atom. The maximum atomic E-state index is 5.44. The minimum absolute atomic E-state index is 0.658. The molecule has 1 heteroatoms. The lowest BCUT2D eigenvalue weighted by molar-refractivity contribution is 0.323. The summed E-state index contributed by atoms with van der Waals surface area (Å²) in [7, 11) is 0. The molecule has 0 saturated heterocycles. The van der Waals surface area contributed by atoms with Crippen LogP contribution in [0, 0.1) is 6.92 Å². The predicted octanol–water partition coefficient (Wildman–Crippen LogP) is 2.93. The van der Waals surface area contributed by atoms with E-state index in [1.165, 1.54) is 0 Å². The summed E-state index contributed by atoms with van der Waals surface area (Å²) >= 11 is 0. The highest BCUT2D eigenvalue weighted by molar-refractivity contribution is 5.55. The van der Waals surface area contributed by atoms with Gasteiger partial charge in [0.25, 0.3) is 0 Å². The van der Waals surface area contributed by atoms with Crippen molar-refractivity contribution in [3.05, 3.63) is 43.3 Å². The first-order valence-corrected chi connectivity index (χ1v) is 4.02. The van der Waals surface area contributed by atoms with Crippen LogP contribution in [-0.4, -0.2) is 6.61 Å². The van der Waals surface area contributed by atoms with Crippen LogP contribution in [0.25, 0.3) is 6.08 Å². The smallest absolute Gasteiger partial charge is 0.126 e. The molecule has 1 nitrogen and oxygen atoms in total. The van der Waals surface area contributed by atoms with Crippen molar-refractivity contribution in [1.82, 2.24) is 0 Å². The minimum Gasteiger partial charge on any atom is -0.493 e. The third-order valence-electron chi connectivity index (χ3n) is 1.54. The molecule has 1 rings (SSSR count). The van der Waals surface area contributed by atoms with E-state index in [-0.39, 0.29) is 0 Å². The molecule has 0 atom stereocenters. The zero-order chi connectivity index (χ0) is 8.81. The van der Waals surface area contributed by atoms with Gasteiger partial charge in [0.1, 0.15) is 5.75 Å². The normalized spacial score (nSPS) is 9.42. The van der Waals surface area contributed by atoms with E-state index in [0.717, 1.165) is 17.7 Å². The Hall–Kier alpha value is -1.24. The SMILES string of the molecule is [CH2]CCOc1ccccc1C=C. The minimum atomic E-state index is 0.658. The Morgan fingerprint density at radius 2 is 2.08 bits per heavy atom. The van der Waals surface area contributed by atoms with Gasteiger partial charge < -0.3 is 4.74 Å². The molecular formula is C11H13O. The van der Waals surface area contributed by atoms with E-state index in [2.05, 4.69) is 13.5 Å². The molecule has 1 radical (unpaired) electrons. The summed E-state index contributed by atoms with van der Waals surface area (Å²) in [6, 6.07) is 7.83. The van der Waals surface area contributed by atoms with Crippen LogP contribution < -0.4 is 4.74 Å². The van der Waals surface area contributed by atoms with Gasteiger partial charge in [-0.05, 0) is 19.4 Å². The Bertz CT molecular complexity index is 253. The first-order chi connectivity index (χ1) is 5.88. The second-order valence-corrected chi connectivity index (χ2v) is 2.44. The van der Waals surface area contributed by atoms with Crippen LogP contribution in [0.1, 0.15) is 12.0 Å². The Kier molecular flexibility index (Phi) is 3.39. The molecule has 1 aromatic carbocycles. The lowest BCUT2D eigenvalue weighted by Crippen LogP contribution is -1.96. The molecule has 0 aliphatic carbocycles. The highest BCUT2D eigenvalue weighted by Crippen LogP contribution is 2.18. The predicted molar refractivity (Wildman–Crippen MR) is 52.0 cm³/mol. The van der Waals surface area contributed by atoms with Gasteiger partial charge in [0.2, 0.25) is 0 Å². The van der Waals surface area contributed by atoms with E-state index in [4.69, 9.17) is 4.74 Å². The summed E-state index contributed by atoms with van der Waals surface area (Å²) in [6.45, 7) is 8.07. The van der Waals surface area contributed by atoms with Gasteiger partial charge in [-0.3, -0.25) is 0 Å². The average Bonchev–Trinajstić information content (AvgIpc) is 2.15. The van der Waals surface area contributed by atoms with Crippen LogP contribution in [0.5, 0.6) is 5.75 Å². The monoisotopic (exact) mass is 161 g/mol. The van der Waals surface area contributed by atoms with Crippen molar-refractivity contribution in [1.29, 1.82) is 0 Å². The maximum Gasteiger partial charge on any atom is 0.126 e. The molecule has 1 aromatic rings. The Labute approximate surface area is 73.7 Å². The van der Waals surface area contributed by atoms with Crippen molar-refractivity contribution in [3.8, 4) is 5.75 Å². The van der Waals surface area contributed by atoms with E-state index in [1.807, 2.05) is 24.3 Å². The molecular weight excluding hydrogens is 148 g/mol. The molecule has 0 unspecified atom stereocenters. The summed E-state index contributed by atoms with van der Waals surface area (Å²) in [5, 5.41) is 0. The second kappa shape index (κ2) is 4.60. The first kappa shape index (κ1) is 8.85. The maximum absolute atomic E-state index is 5.44. The van der Waals surface area contributed by atoms with E-state index in [0.29, 0.717) is 6.61 Å². The molecule has 12 heavy (non-hydrogen) atoms. The average molecular weight is 161 g/mol. The number of benzene rings is 1. The summed E-state index contributed by atoms with van der Waals surface area (Å²) in [5.41, 5.74) is 1.03. The molecule has 0 aliphatic heterocycles. The molecule has 0 fully saturated rings. The molecule has 63 valence electrons. The number of para-hydroxylation sites is 1. The van der Waals surface area contributed by atoms with Gasteiger partial charge in [0.05, 0.1) is 6.61 Å². The van der Waals surface area contributed by atoms with Gasteiger partial charge in [-0.25, -0.2) is 0 Å². The van der Waals surface area contributed by atoms with Crippen LogP contribution in [0.3, 0.4) is 0 Å². The van der Waals surface area contributed by atoms with Gasteiger partial charge in [0.15, 0.2) is 0 Å². The number of hydrogen-bond acceptors (Lipinski definition) is 1. The summed E-state index contributed by atoms with van der Waals surface area (Å²) in [4.78, 5) is 0. The second-order valence-electron chi connectivity index (χ2n) is 2.44. The molecule has 0 heterocycles. The fourth-order valence-corrected chi connectivity index (χ4v) is 0.963. The highest BCUT2D eigenvalue weighted by Gasteiger charge is 1.96. The number of ether oxygens (including phenoxy) is 1. The van der Waals surface area contributed by atoms with Crippen LogP contribution in [0.15, 0.2) is 30.8 Å². The van der Waals surface area contributed by atoms with E-state index in [1.54, 1.807) is 6.08 Å². The standard InChI is InChI=1S/C11H13O/c1-3-9-12-11-8-6-5-7-10(11)4-2/h4-8H,1-3,9H2. The van der Waals surface area contributed by atoms with Gasteiger partial charge in [-0.2, -0.15) is 0 Å². The zero-order valence-corrected chi connectivity index (χ0v) is 7.12. The highest BCUT2D eigenvalue weighted by atomic mass is 16.5. The fourth-order valence-electron chi connectivity index (χ4n) is 0.963. The molecule has 0 N–H and O–H groups in total. The summed E-state index contributed by atoms with van der Waals surface area (Å²) in [5.74, 6) is 0.885. The molecule has 0 aliphatic rings. The Morgan fingerprint density at radius 1 is 1.33 bits per heavy atom. The molecule has 0 amide bonds. The van der Waals surface area contributed by atoms with E-state index in [9.17, 15) is 0 Å². The van der Waals surface area contributed by atoms with Crippen molar-refractivity contribution < 1.29 is 4.74 Å². The third-order valence-corrected chi connectivity index (χ3v) is 1.54. The van der Waals surface area contributed by atoms with Crippen LogP contribution >= 0.6 is 0 Å². The van der Waals surface area contributed by atoms with Crippen molar-refractivity contribution >= 4 is 6.08 Å². The van der Waals surface area contributed by atoms with Crippen molar-refractivity contribution in [2.75, 3.05) is 6.61 Å².